The Morgan fingerprint density at radius 1 is 1.08 bits per heavy atom. The van der Waals surface area contributed by atoms with Crippen molar-refractivity contribution in [3.05, 3.63) is 41.5 Å². The molecule has 1 aliphatic heterocycles. The second kappa shape index (κ2) is 11.8. The smallest absolute Gasteiger partial charge is 0.420 e. The lowest BCUT2D eigenvalue weighted by atomic mass is 9.86. The van der Waals surface area contributed by atoms with Gasteiger partial charge in [-0.1, -0.05) is 37.6 Å². The van der Waals surface area contributed by atoms with Crippen LogP contribution in [0.15, 0.2) is 30.3 Å². The van der Waals surface area contributed by atoms with Gasteiger partial charge in [-0.3, -0.25) is 4.79 Å². The van der Waals surface area contributed by atoms with Crippen LogP contribution in [0.1, 0.15) is 75.8 Å². The van der Waals surface area contributed by atoms with Crippen molar-refractivity contribution in [3.8, 4) is 5.75 Å². The maximum Gasteiger partial charge on any atom is 0.420 e. The van der Waals surface area contributed by atoms with Crippen molar-refractivity contribution < 1.29 is 27.8 Å². The Morgan fingerprint density at radius 2 is 1.86 bits per heavy atom. The molecule has 1 heterocycles. The number of aliphatic carboxylic acids is 1. The lowest BCUT2D eigenvalue weighted by Gasteiger charge is -2.32. The van der Waals surface area contributed by atoms with E-state index in [2.05, 4.69) is 11.8 Å². The number of piperidine rings is 1. The number of carboxylic acid groups (broad SMARTS) is 1. The van der Waals surface area contributed by atoms with Gasteiger partial charge in [0.05, 0.1) is 6.10 Å². The van der Waals surface area contributed by atoms with Gasteiger partial charge in [0.2, 0.25) is 0 Å². The van der Waals surface area contributed by atoms with Crippen LogP contribution in [0.5, 0.6) is 5.75 Å². The average Bonchev–Trinajstić information content (AvgIpc) is 2.83. The van der Waals surface area contributed by atoms with E-state index in [9.17, 15) is 18.0 Å². The van der Waals surface area contributed by atoms with E-state index in [4.69, 9.17) is 9.84 Å². The fraction of sp³-hybridized carbons (Fsp3) is 0.621. The van der Waals surface area contributed by atoms with Crippen LogP contribution in [0.3, 0.4) is 0 Å². The van der Waals surface area contributed by atoms with Gasteiger partial charge in [0.1, 0.15) is 11.3 Å². The van der Waals surface area contributed by atoms with E-state index in [0.717, 1.165) is 83.0 Å². The van der Waals surface area contributed by atoms with Gasteiger partial charge in [-0.05, 0) is 98.7 Å². The number of halogens is 3. The fourth-order valence-corrected chi connectivity index (χ4v) is 6.02. The Balaban J connectivity index is 1.42. The standard InChI is InChI=1S/C29H38F3NO3/c1-2-20-7-11-24(12-8-20)36-26-14-10-23-17-21(9-13-25(23)28(26)29(30,31)32)5-3-15-33-16-4-6-22(19-33)18-27(34)35/h9-10,13-14,17,20,22,24H,2-8,11-12,15-16,18-19H2,1H3,(H,34,35). The Kier molecular flexibility index (Phi) is 8.81. The van der Waals surface area contributed by atoms with Crippen LogP contribution < -0.4 is 4.74 Å². The summed E-state index contributed by atoms with van der Waals surface area (Å²) in [7, 11) is 0. The predicted octanol–water partition coefficient (Wildman–Crippen LogP) is 7.33. The quantitative estimate of drug-likeness (QED) is 0.388. The molecule has 1 saturated carbocycles. The molecule has 36 heavy (non-hydrogen) atoms. The molecule has 0 amide bonds. The highest BCUT2D eigenvalue weighted by Gasteiger charge is 2.37. The summed E-state index contributed by atoms with van der Waals surface area (Å²) >= 11 is 0. The summed E-state index contributed by atoms with van der Waals surface area (Å²) in [4.78, 5) is 13.3. The van der Waals surface area contributed by atoms with E-state index in [1.165, 1.54) is 6.07 Å². The van der Waals surface area contributed by atoms with Gasteiger partial charge in [0, 0.05) is 13.0 Å². The Bertz CT molecular complexity index is 1030. The number of carboxylic acids is 1. The van der Waals surface area contributed by atoms with Crippen molar-refractivity contribution in [2.24, 2.45) is 11.8 Å². The fourth-order valence-electron chi connectivity index (χ4n) is 6.02. The number of benzene rings is 2. The molecule has 1 unspecified atom stereocenters. The summed E-state index contributed by atoms with van der Waals surface area (Å²) in [5.41, 5.74) is 0.350. The van der Waals surface area contributed by atoms with E-state index in [1.54, 1.807) is 18.2 Å². The number of ether oxygens (including phenoxy) is 1. The molecule has 4 rings (SSSR count). The van der Waals surface area contributed by atoms with Crippen LogP contribution in [-0.2, 0) is 17.4 Å². The van der Waals surface area contributed by atoms with Gasteiger partial charge in [-0.2, -0.15) is 13.2 Å². The monoisotopic (exact) mass is 505 g/mol. The zero-order valence-corrected chi connectivity index (χ0v) is 21.2. The van der Waals surface area contributed by atoms with Crippen LogP contribution >= 0.6 is 0 Å². The van der Waals surface area contributed by atoms with Crippen LogP contribution in [0, 0.1) is 11.8 Å². The molecule has 7 heteroatoms. The van der Waals surface area contributed by atoms with Crippen LogP contribution in [0.4, 0.5) is 13.2 Å². The molecule has 2 aromatic carbocycles. The molecular weight excluding hydrogens is 467 g/mol. The number of nitrogens with zero attached hydrogens (tertiary/aromatic N) is 1. The summed E-state index contributed by atoms with van der Waals surface area (Å²) in [5.74, 6) is 0.0660. The molecular formula is C29H38F3NO3. The van der Waals surface area contributed by atoms with E-state index < -0.39 is 17.7 Å². The second-order valence-corrected chi connectivity index (χ2v) is 10.7. The predicted molar refractivity (Wildman–Crippen MR) is 135 cm³/mol. The lowest BCUT2D eigenvalue weighted by Crippen LogP contribution is -2.37. The molecule has 4 nitrogen and oxygen atoms in total. The van der Waals surface area contributed by atoms with Crippen molar-refractivity contribution in [2.45, 2.75) is 83.4 Å². The van der Waals surface area contributed by atoms with Crippen LogP contribution in [-0.4, -0.2) is 41.7 Å². The maximum atomic E-state index is 14.1. The summed E-state index contributed by atoms with van der Waals surface area (Å²) < 4.78 is 48.4. The molecule has 0 bridgehead atoms. The summed E-state index contributed by atoms with van der Waals surface area (Å²) in [5, 5.41) is 9.83. The van der Waals surface area contributed by atoms with E-state index in [-0.39, 0.29) is 29.6 Å². The van der Waals surface area contributed by atoms with Crippen molar-refractivity contribution >= 4 is 16.7 Å². The number of fused-ring (bicyclic) bond motifs is 1. The first-order valence-corrected chi connectivity index (χ1v) is 13.5. The summed E-state index contributed by atoms with van der Waals surface area (Å²) in [6.07, 6.45) is 3.95. The minimum atomic E-state index is -4.49. The average molecular weight is 506 g/mol. The molecule has 2 aromatic rings. The minimum absolute atomic E-state index is 0.0521. The van der Waals surface area contributed by atoms with Gasteiger partial charge in [-0.25, -0.2) is 0 Å². The summed E-state index contributed by atoms with van der Waals surface area (Å²) in [6.45, 7) is 4.82. The maximum absolute atomic E-state index is 14.1. The van der Waals surface area contributed by atoms with Crippen LogP contribution in [0.25, 0.3) is 10.8 Å². The first-order valence-electron chi connectivity index (χ1n) is 13.5. The number of rotatable bonds is 9. The van der Waals surface area contributed by atoms with Crippen molar-refractivity contribution in [2.75, 3.05) is 19.6 Å². The Hall–Kier alpha value is -2.28. The molecule has 198 valence electrons. The van der Waals surface area contributed by atoms with E-state index >= 15 is 0 Å². The van der Waals surface area contributed by atoms with Gasteiger partial charge < -0.3 is 14.7 Å². The zero-order valence-electron chi connectivity index (χ0n) is 21.2. The molecule has 1 aliphatic carbocycles. The number of hydrogen-bond donors (Lipinski definition) is 1. The Labute approximate surface area is 211 Å². The highest BCUT2D eigenvalue weighted by molar-refractivity contribution is 5.89. The molecule has 0 radical (unpaired) electrons. The number of aryl methyl sites for hydroxylation is 1. The number of hydrogen-bond acceptors (Lipinski definition) is 3. The third-order valence-electron chi connectivity index (χ3n) is 8.00. The highest BCUT2D eigenvalue weighted by atomic mass is 19.4. The number of likely N-dealkylation sites (tertiary alicyclic amines) is 1. The third-order valence-corrected chi connectivity index (χ3v) is 8.00. The second-order valence-electron chi connectivity index (χ2n) is 10.7. The minimum Gasteiger partial charge on any atom is -0.490 e. The van der Waals surface area contributed by atoms with Crippen LogP contribution in [0.2, 0.25) is 0 Å². The van der Waals surface area contributed by atoms with Gasteiger partial charge in [0.25, 0.3) is 0 Å². The van der Waals surface area contributed by atoms with E-state index in [1.807, 2.05) is 6.07 Å². The molecule has 0 aromatic heterocycles. The molecule has 2 aliphatic rings. The first-order chi connectivity index (χ1) is 17.2. The van der Waals surface area contributed by atoms with Crippen molar-refractivity contribution in [1.29, 1.82) is 0 Å². The van der Waals surface area contributed by atoms with Crippen molar-refractivity contribution in [1.82, 2.24) is 4.90 Å². The highest BCUT2D eigenvalue weighted by Crippen LogP contribution is 2.43. The topological polar surface area (TPSA) is 49.8 Å². The molecule has 1 atom stereocenters. The number of alkyl halides is 3. The molecule has 1 saturated heterocycles. The zero-order chi connectivity index (χ0) is 25.7. The summed E-state index contributed by atoms with van der Waals surface area (Å²) in [6, 6.07) is 8.51. The van der Waals surface area contributed by atoms with Gasteiger partial charge in [0.15, 0.2) is 0 Å². The molecule has 2 fully saturated rings. The number of carbonyl (C=O) groups is 1. The van der Waals surface area contributed by atoms with Crippen molar-refractivity contribution in [3.63, 3.8) is 0 Å². The lowest BCUT2D eigenvalue weighted by molar-refractivity contribution is -0.139. The van der Waals surface area contributed by atoms with E-state index in [0.29, 0.717) is 11.3 Å². The third kappa shape index (κ3) is 6.93. The van der Waals surface area contributed by atoms with Gasteiger partial charge in [-0.15, -0.1) is 0 Å². The normalized spacial score (nSPS) is 23.6. The Morgan fingerprint density at radius 3 is 2.56 bits per heavy atom. The molecule has 1 N–H and O–H groups in total. The van der Waals surface area contributed by atoms with Gasteiger partial charge >= 0.3 is 12.1 Å². The SMILES string of the molecule is CCC1CCC(Oc2ccc3cc(CCCN4CCCC(CC(=O)O)C4)ccc3c2C(F)(F)F)CC1. The first kappa shape index (κ1) is 26.8. The molecule has 0 spiro atoms. The largest absolute Gasteiger partial charge is 0.490 e.